The number of hydrogen-bond acceptors (Lipinski definition) is 2. The summed E-state index contributed by atoms with van der Waals surface area (Å²) < 4.78 is 28.0. The quantitative estimate of drug-likeness (QED) is 0.763. The van der Waals surface area contributed by atoms with Crippen molar-refractivity contribution in [3.05, 3.63) is 69.7 Å². The third-order valence-corrected chi connectivity index (χ3v) is 6.36. The molecule has 0 spiro atoms. The van der Waals surface area contributed by atoms with E-state index in [0.29, 0.717) is 18.7 Å². The highest BCUT2D eigenvalue weighted by molar-refractivity contribution is 6.34. The molecule has 3 nitrogen and oxygen atoms in total. The van der Waals surface area contributed by atoms with Gasteiger partial charge in [-0.1, -0.05) is 29.8 Å². The van der Waals surface area contributed by atoms with Crippen molar-refractivity contribution in [1.82, 2.24) is 9.80 Å². The standard InChI is InChI=1S/C21H21ClF2N2O/c1-12-6-7-17(24)18(19(12)22)21(27)26-10-14-9-25(2)20(16(14)11-26)13-4-3-5-15(23)8-13/h3-8,14,16,20H,9-11H2,1-2H3/t14-,16+,20-/m0/s1. The second kappa shape index (κ2) is 6.88. The molecule has 0 aromatic heterocycles. The fraction of sp³-hybridized carbons (Fsp3) is 0.381. The van der Waals surface area contributed by atoms with Gasteiger partial charge in [0.05, 0.1) is 10.6 Å². The molecule has 0 N–H and O–H groups in total. The first-order valence-electron chi connectivity index (χ1n) is 9.06. The van der Waals surface area contributed by atoms with Gasteiger partial charge in [0.1, 0.15) is 11.6 Å². The Bertz CT molecular complexity index is 904. The first-order valence-corrected chi connectivity index (χ1v) is 9.44. The van der Waals surface area contributed by atoms with E-state index in [1.54, 1.807) is 30.0 Å². The Hall–Kier alpha value is -1.98. The fourth-order valence-electron chi connectivity index (χ4n) is 4.63. The minimum Gasteiger partial charge on any atom is -0.338 e. The SMILES string of the molecule is Cc1ccc(F)c(C(=O)N2C[C@@H]3CN(C)[C@@H](c4cccc(F)c4)[C@@H]3C2)c1Cl. The van der Waals surface area contributed by atoms with Crippen molar-refractivity contribution >= 4 is 17.5 Å². The van der Waals surface area contributed by atoms with Gasteiger partial charge in [-0.05, 0) is 49.2 Å². The zero-order chi connectivity index (χ0) is 19.3. The zero-order valence-corrected chi connectivity index (χ0v) is 16.0. The Balaban J connectivity index is 1.60. The molecule has 2 aliphatic heterocycles. The lowest BCUT2D eigenvalue weighted by atomic mass is 9.89. The molecule has 2 fully saturated rings. The summed E-state index contributed by atoms with van der Waals surface area (Å²) in [6.45, 7) is 3.65. The summed E-state index contributed by atoms with van der Waals surface area (Å²) in [7, 11) is 2.02. The van der Waals surface area contributed by atoms with Crippen molar-refractivity contribution in [2.45, 2.75) is 13.0 Å². The molecule has 0 aliphatic carbocycles. The number of rotatable bonds is 2. The van der Waals surface area contributed by atoms with Gasteiger partial charge in [0.25, 0.3) is 5.91 Å². The molecule has 2 aromatic carbocycles. The smallest absolute Gasteiger partial charge is 0.258 e. The number of benzene rings is 2. The third-order valence-electron chi connectivity index (χ3n) is 5.87. The molecule has 3 atom stereocenters. The normalized spacial score (nSPS) is 25.1. The van der Waals surface area contributed by atoms with E-state index >= 15 is 0 Å². The molecule has 4 rings (SSSR count). The van der Waals surface area contributed by atoms with Gasteiger partial charge in [-0.2, -0.15) is 0 Å². The van der Waals surface area contributed by atoms with Crippen LogP contribution < -0.4 is 0 Å². The van der Waals surface area contributed by atoms with Gasteiger partial charge < -0.3 is 4.90 Å². The molecular formula is C21H21ClF2N2O. The maximum absolute atomic E-state index is 14.3. The molecule has 0 saturated carbocycles. The summed E-state index contributed by atoms with van der Waals surface area (Å²) in [6, 6.07) is 9.53. The molecule has 27 heavy (non-hydrogen) atoms. The second-order valence-electron chi connectivity index (χ2n) is 7.63. The fourth-order valence-corrected chi connectivity index (χ4v) is 4.86. The van der Waals surface area contributed by atoms with E-state index in [0.717, 1.165) is 12.1 Å². The first-order chi connectivity index (χ1) is 12.9. The summed E-state index contributed by atoms with van der Waals surface area (Å²) in [4.78, 5) is 16.9. The highest BCUT2D eigenvalue weighted by Gasteiger charge is 2.47. The van der Waals surface area contributed by atoms with Gasteiger partial charge in [-0.15, -0.1) is 0 Å². The Morgan fingerprint density at radius 1 is 1.15 bits per heavy atom. The average molecular weight is 391 g/mol. The van der Waals surface area contributed by atoms with Crippen molar-refractivity contribution < 1.29 is 13.6 Å². The number of fused-ring (bicyclic) bond motifs is 1. The van der Waals surface area contributed by atoms with E-state index in [9.17, 15) is 13.6 Å². The zero-order valence-electron chi connectivity index (χ0n) is 15.3. The molecule has 0 unspecified atom stereocenters. The van der Waals surface area contributed by atoms with Gasteiger partial charge in [-0.25, -0.2) is 8.78 Å². The van der Waals surface area contributed by atoms with Crippen LogP contribution in [0.3, 0.4) is 0 Å². The van der Waals surface area contributed by atoms with Crippen LogP contribution in [-0.2, 0) is 0 Å². The van der Waals surface area contributed by atoms with Gasteiger partial charge in [0.2, 0.25) is 0 Å². The van der Waals surface area contributed by atoms with Gasteiger partial charge >= 0.3 is 0 Å². The Morgan fingerprint density at radius 2 is 1.93 bits per heavy atom. The Kier molecular flexibility index (Phi) is 4.68. The predicted octanol–water partition coefficient (Wildman–Crippen LogP) is 4.30. The van der Waals surface area contributed by atoms with E-state index in [2.05, 4.69) is 4.90 Å². The maximum Gasteiger partial charge on any atom is 0.258 e. The number of aryl methyl sites for hydroxylation is 1. The molecular weight excluding hydrogens is 370 g/mol. The molecule has 0 radical (unpaired) electrons. The molecule has 2 saturated heterocycles. The van der Waals surface area contributed by atoms with E-state index in [1.165, 1.54) is 12.1 Å². The van der Waals surface area contributed by atoms with Crippen LogP contribution in [0.4, 0.5) is 8.78 Å². The van der Waals surface area contributed by atoms with Crippen LogP contribution in [0.5, 0.6) is 0 Å². The molecule has 2 aromatic rings. The molecule has 2 aliphatic rings. The van der Waals surface area contributed by atoms with Crippen LogP contribution >= 0.6 is 11.6 Å². The third kappa shape index (κ3) is 3.13. The lowest BCUT2D eigenvalue weighted by Crippen LogP contribution is -2.34. The molecule has 2 heterocycles. The number of hydrogen-bond donors (Lipinski definition) is 0. The second-order valence-corrected chi connectivity index (χ2v) is 8.00. The number of likely N-dealkylation sites (tertiary alicyclic amines) is 2. The minimum absolute atomic E-state index is 0.0429. The summed E-state index contributed by atoms with van der Waals surface area (Å²) in [5.74, 6) is -0.752. The first kappa shape index (κ1) is 18.4. The van der Waals surface area contributed by atoms with Crippen molar-refractivity contribution in [2.24, 2.45) is 11.8 Å². The molecule has 0 bridgehead atoms. The summed E-state index contributed by atoms with van der Waals surface area (Å²) in [5, 5.41) is 0.177. The van der Waals surface area contributed by atoms with E-state index in [-0.39, 0.29) is 40.2 Å². The summed E-state index contributed by atoms with van der Waals surface area (Å²) in [6.07, 6.45) is 0. The van der Waals surface area contributed by atoms with Crippen molar-refractivity contribution in [1.29, 1.82) is 0 Å². The Labute approximate surface area is 162 Å². The lowest BCUT2D eigenvalue weighted by molar-refractivity contribution is 0.0763. The maximum atomic E-state index is 14.3. The van der Waals surface area contributed by atoms with Crippen LogP contribution in [0.15, 0.2) is 36.4 Å². The Morgan fingerprint density at radius 3 is 2.67 bits per heavy atom. The van der Waals surface area contributed by atoms with Gasteiger partial charge in [-0.3, -0.25) is 9.69 Å². The van der Waals surface area contributed by atoms with Crippen molar-refractivity contribution in [3.63, 3.8) is 0 Å². The van der Waals surface area contributed by atoms with Gasteiger partial charge in [0.15, 0.2) is 0 Å². The highest BCUT2D eigenvalue weighted by atomic mass is 35.5. The predicted molar refractivity (Wildman–Crippen MR) is 101 cm³/mol. The monoisotopic (exact) mass is 390 g/mol. The number of carbonyl (C=O) groups excluding carboxylic acids is 1. The number of nitrogens with zero attached hydrogens (tertiary/aromatic N) is 2. The molecule has 1 amide bonds. The lowest BCUT2D eigenvalue weighted by Gasteiger charge is -2.27. The van der Waals surface area contributed by atoms with Crippen LogP contribution in [0.2, 0.25) is 5.02 Å². The number of carbonyl (C=O) groups is 1. The number of halogens is 3. The van der Waals surface area contributed by atoms with Crippen LogP contribution in [0.1, 0.15) is 27.5 Å². The van der Waals surface area contributed by atoms with Crippen LogP contribution in [-0.4, -0.2) is 42.4 Å². The summed E-state index contributed by atoms with van der Waals surface area (Å²) in [5.41, 5.74) is 1.55. The van der Waals surface area contributed by atoms with E-state index in [1.807, 2.05) is 13.1 Å². The van der Waals surface area contributed by atoms with E-state index < -0.39 is 5.82 Å². The van der Waals surface area contributed by atoms with Gasteiger partial charge in [0, 0.05) is 31.6 Å². The highest BCUT2D eigenvalue weighted by Crippen LogP contribution is 2.44. The van der Waals surface area contributed by atoms with E-state index in [4.69, 9.17) is 11.6 Å². The molecule has 142 valence electrons. The summed E-state index contributed by atoms with van der Waals surface area (Å²) >= 11 is 6.22. The average Bonchev–Trinajstić information content (AvgIpc) is 3.15. The van der Waals surface area contributed by atoms with Crippen LogP contribution in [0, 0.1) is 30.4 Å². The van der Waals surface area contributed by atoms with Crippen LogP contribution in [0.25, 0.3) is 0 Å². The largest absolute Gasteiger partial charge is 0.338 e. The number of amides is 1. The minimum atomic E-state index is -0.591. The topological polar surface area (TPSA) is 23.6 Å². The van der Waals surface area contributed by atoms with Crippen molar-refractivity contribution in [2.75, 3.05) is 26.7 Å². The molecule has 6 heteroatoms. The van der Waals surface area contributed by atoms with Crippen molar-refractivity contribution in [3.8, 4) is 0 Å².